The molecule has 0 radical (unpaired) electrons. The van der Waals surface area contributed by atoms with Crippen LogP contribution in [0.25, 0.3) is 22.6 Å². The summed E-state index contributed by atoms with van der Waals surface area (Å²) in [6, 6.07) is 15.8. The fraction of sp³-hybridized carbons (Fsp3) is 0. The number of carbonyl (C=O) groups excluding carboxylic acids is 1. The Hall–Kier alpha value is -2.31. The molecule has 0 spiro atoms. The Kier molecular flexibility index (Phi) is 5.42. The van der Waals surface area contributed by atoms with Crippen molar-refractivity contribution in [3.8, 4) is 22.6 Å². The van der Waals surface area contributed by atoms with Crippen LogP contribution >= 0.6 is 46.1 Å². The van der Waals surface area contributed by atoms with Gasteiger partial charge in [0.2, 0.25) is 0 Å². The van der Waals surface area contributed by atoms with Gasteiger partial charge >= 0.3 is 0 Å². The van der Waals surface area contributed by atoms with Gasteiger partial charge in [0, 0.05) is 21.5 Å². The van der Waals surface area contributed by atoms with Crippen LogP contribution in [0.15, 0.2) is 64.4 Å². The van der Waals surface area contributed by atoms with Gasteiger partial charge in [-0.15, -0.1) is 11.3 Å². The molecule has 1 amide bonds. The maximum atomic E-state index is 12.5. The maximum absolute atomic E-state index is 12.5. The first-order chi connectivity index (χ1) is 13.5. The predicted molar refractivity (Wildman–Crippen MR) is 115 cm³/mol. The first kappa shape index (κ1) is 19.0. The molecule has 2 aromatic heterocycles. The molecule has 0 aliphatic heterocycles. The van der Waals surface area contributed by atoms with Crippen LogP contribution in [0.4, 0.5) is 5.13 Å². The minimum absolute atomic E-state index is 0.147. The summed E-state index contributed by atoms with van der Waals surface area (Å²) in [7, 11) is 0. The normalized spacial score (nSPS) is 10.8. The summed E-state index contributed by atoms with van der Waals surface area (Å²) in [6.45, 7) is 0. The third-order valence-electron chi connectivity index (χ3n) is 3.91. The first-order valence-electron chi connectivity index (χ1n) is 8.08. The highest BCUT2D eigenvalue weighted by Crippen LogP contribution is 2.34. The Morgan fingerprint density at radius 1 is 1.00 bits per heavy atom. The van der Waals surface area contributed by atoms with Gasteiger partial charge in [-0.25, -0.2) is 4.98 Å². The van der Waals surface area contributed by atoms with E-state index in [0.29, 0.717) is 31.5 Å². The quantitative estimate of drug-likeness (QED) is 0.356. The lowest BCUT2D eigenvalue weighted by atomic mass is 10.2. The molecular formula is C20H11Cl3N2O2S. The number of nitrogens with one attached hydrogen (secondary N) is 1. The number of amides is 1. The van der Waals surface area contributed by atoms with Crippen LogP contribution in [0.2, 0.25) is 15.1 Å². The summed E-state index contributed by atoms with van der Waals surface area (Å²) < 4.78 is 5.65. The summed E-state index contributed by atoms with van der Waals surface area (Å²) in [5.74, 6) is 0.203. The van der Waals surface area contributed by atoms with Crippen LogP contribution in [0.3, 0.4) is 0 Å². The molecule has 0 unspecified atom stereocenters. The van der Waals surface area contributed by atoms with Gasteiger partial charge < -0.3 is 4.42 Å². The summed E-state index contributed by atoms with van der Waals surface area (Å²) in [5, 5.41) is 6.51. The Morgan fingerprint density at radius 3 is 2.57 bits per heavy atom. The molecular weight excluding hydrogens is 439 g/mol. The smallest absolute Gasteiger partial charge is 0.293 e. The summed E-state index contributed by atoms with van der Waals surface area (Å²) in [4.78, 5) is 16.9. The average molecular weight is 450 g/mol. The molecule has 0 fully saturated rings. The average Bonchev–Trinajstić information content (AvgIpc) is 3.34. The van der Waals surface area contributed by atoms with E-state index >= 15 is 0 Å². The number of hydrogen-bond acceptors (Lipinski definition) is 4. The number of halogens is 3. The Labute approximate surface area is 179 Å². The van der Waals surface area contributed by atoms with Crippen LogP contribution in [0, 0.1) is 0 Å². The number of carbonyl (C=O) groups is 1. The fourth-order valence-electron chi connectivity index (χ4n) is 2.54. The molecule has 4 nitrogen and oxygen atoms in total. The molecule has 0 saturated heterocycles. The molecule has 4 rings (SSSR count). The van der Waals surface area contributed by atoms with Crippen molar-refractivity contribution in [3.63, 3.8) is 0 Å². The van der Waals surface area contributed by atoms with Gasteiger partial charge in [0.15, 0.2) is 10.9 Å². The molecule has 0 atom stereocenters. The van der Waals surface area contributed by atoms with Crippen LogP contribution in [0.5, 0.6) is 0 Å². The number of furan rings is 1. The molecule has 28 heavy (non-hydrogen) atoms. The van der Waals surface area contributed by atoms with Crippen LogP contribution < -0.4 is 5.32 Å². The molecule has 0 aliphatic carbocycles. The van der Waals surface area contributed by atoms with E-state index in [9.17, 15) is 4.79 Å². The minimum Gasteiger partial charge on any atom is -0.451 e. The van der Waals surface area contributed by atoms with E-state index < -0.39 is 5.91 Å². The Balaban J connectivity index is 1.51. The maximum Gasteiger partial charge on any atom is 0.293 e. The molecule has 2 heterocycles. The zero-order chi connectivity index (χ0) is 19.7. The number of thiazole rings is 1. The number of aromatic nitrogens is 1. The molecule has 2 aromatic carbocycles. The lowest BCUT2D eigenvalue weighted by Crippen LogP contribution is -2.10. The van der Waals surface area contributed by atoms with Crippen LogP contribution in [-0.2, 0) is 0 Å². The topological polar surface area (TPSA) is 55.1 Å². The zero-order valence-corrected chi connectivity index (χ0v) is 17.2. The van der Waals surface area contributed by atoms with Crippen molar-refractivity contribution in [2.45, 2.75) is 0 Å². The third-order valence-corrected chi connectivity index (χ3v) is 5.74. The molecule has 0 bridgehead atoms. The lowest BCUT2D eigenvalue weighted by molar-refractivity contribution is 0.0997. The highest BCUT2D eigenvalue weighted by atomic mass is 35.5. The van der Waals surface area contributed by atoms with Crippen LogP contribution in [0.1, 0.15) is 10.6 Å². The van der Waals surface area contributed by atoms with Crippen molar-refractivity contribution >= 4 is 57.2 Å². The van der Waals surface area contributed by atoms with Gasteiger partial charge in [0.05, 0.1) is 15.7 Å². The molecule has 140 valence electrons. The first-order valence-corrected chi connectivity index (χ1v) is 10.1. The highest BCUT2D eigenvalue weighted by molar-refractivity contribution is 7.14. The molecule has 4 aromatic rings. The van der Waals surface area contributed by atoms with Crippen molar-refractivity contribution in [1.29, 1.82) is 0 Å². The number of benzene rings is 2. The van der Waals surface area contributed by atoms with Crippen molar-refractivity contribution in [2.75, 3.05) is 5.32 Å². The van der Waals surface area contributed by atoms with E-state index in [-0.39, 0.29) is 5.76 Å². The second-order valence-corrected chi connectivity index (χ2v) is 7.84. The van der Waals surface area contributed by atoms with Gasteiger partial charge in [0.25, 0.3) is 5.91 Å². The zero-order valence-electron chi connectivity index (χ0n) is 14.1. The van der Waals surface area contributed by atoms with E-state index in [1.54, 1.807) is 42.5 Å². The van der Waals surface area contributed by atoms with Gasteiger partial charge in [-0.2, -0.15) is 0 Å². The van der Waals surface area contributed by atoms with Crippen molar-refractivity contribution in [2.24, 2.45) is 0 Å². The molecule has 0 saturated carbocycles. The van der Waals surface area contributed by atoms with Gasteiger partial charge in [0.1, 0.15) is 5.76 Å². The van der Waals surface area contributed by atoms with Gasteiger partial charge in [-0.3, -0.25) is 10.1 Å². The number of hydrogen-bond donors (Lipinski definition) is 1. The number of anilines is 1. The second-order valence-electron chi connectivity index (χ2n) is 5.76. The standard InChI is InChI=1S/C20H11Cl3N2O2S/c21-12-6-4-11(5-7-12)15-10-28-20(24-15)25-19(26)17-9-8-16(27-17)13-2-1-3-14(22)18(13)23/h1-10H,(H,24,25,26). The van der Waals surface area contributed by atoms with E-state index in [4.69, 9.17) is 39.2 Å². The lowest BCUT2D eigenvalue weighted by Gasteiger charge is -2.02. The van der Waals surface area contributed by atoms with E-state index in [1.165, 1.54) is 11.3 Å². The van der Waals surface area contributed by atoms with Crippen molar-refractivity contribution < 1.29 is 9.21 Å². The third kappa shape index (κ3) is 3.93. The summed E-state index contributed by atoms with van der Waals surface area (Å²) in [6.07, 6.45) is 0. The Bertz CT molecular complexity index is 1150. The molecule has 1 N–H and O–H groups in total. The number of nitrogens with zero attached hydrogens (tertiary/aromatic N) is 1. The fourth-order valence-corrected chi connectivity index (χ4v) is 3.78. The SMILES string of the molecule is O=C(Nc1nc(-c2ccc(Cl)cc2)cs1)c1ccc(-c2cccc(Cl)c2Cl)o1. The largest absolute Gasteiger partial charge is 0.451 e. The van der Waals surface area contributed by atoms with Crippen LogP contribution in [-0.4, -0.2) is 10.9 Å². The predicted octanol–water partition coefficient (Wildman–Crippen LogP) is 7.28. The minimum atomic E-state index is -0.401. The molecule has 0 aliphatic rings. The molecule has 8 heteroatoms. The van der Waals surface area contributed by atoms with Crippen molar-refractivity contribution in [3.05, 3.63) is 80.8 Å². The van der Waals surface area contributed by atoms with E-state index in [1.807, 2.05) is 17.5 Å². The second kappa shape index (κ2) is 7.97. The summed E-state index contributed by atoms with van der Waals surface area (Å²) >= 11 is 19.5. The Morgan fingerprint density at radius 2 is 1.79 bits per heavy atom. The van der Waals surface area contributed by atoms with Gasteiger partial charge in [-0.05, 0) is 36.4 Å². The summed E-state index contributed by atoms with van der Waals surface area (Å²) in [5.41, 5.74) is 2.28. The number of rotatable bonds is 4. The van der Waals surface area contributed by atoms with Crippen molar-refractivity contribution in [1.82, 2.24) is 4.98 Å². The monoisotopic (exact) mass is 448 g/mol. The highest BCUT2D eigenvalue weighted by Gasteiger charge is 2.16. The van der Waals surface area contributed by atoms with E-state index in [0.717, 1.165) is 11.3 Å². The van der Waals surface area contributed by atoms with Gasteiger partial charge in [-0.1, -0.05) is 53.0 Å². The van der Waals surface area contributed by atoms with E-state index in [2.05, 4.69) is 10.3 Å².